The molecule has 2 aromatic rings. The molecule has 1 aliphatic rings. The molecule has 0 aliphatic carbocycles. The number of hydrogen-bond donors (Lipinski definition) is 1. The second-order valence-corrected chi connectivity index (χ2v) is 6.30. The van der Waals surface area contributed by atoms with Crippen LogP contribution in [0.4, 0.5) is 0 Å². The molecule has 2 aromatic heterocycles. The van der Waals surface area contributed by atoms with Gasteiger partial charge in [0.15, 0.2) is 5.82 Å². The molecular weight excluding hydrogens is 320 g/mol. The second-order valence-electron chi connectivity index (χ2n) is 6.30. The van der Waals surface area contributed by atoms with Crippen LogP contribution in [0.25, 0.3) is 11.4 Å². The molecule has 0 bridgehead atoms. The van der Waals surface area contributed by atoms with Crippen LogP contribution < -0.4 is 0 Å². The molecule has 1 atom stereocenters. The zero-order valence-corrected chi connectivity index (χ0v) is 14.1. The van der Waals surface area contributed by atoms with Gasteiger partial charge in [-0.15, -0.1) is 0 Å². The Morgan fingerprint density at radius 2 is 1.92 bits per heavy atom. The molecule has 7 heteroatoms. The number of carboxylic acid groups (broad SMARTS) is 1. The minimum Gasteiger partial charge on any atom is -0.481 e. The summed E-state index contributed by atoms with van der Waals surface area (Å²) in [6.45, 7) is 2.64. The SMILES string of the molecule is CC[C@@]1(C(=O)O)CCCN(C(=O)c2cnc(-c3ccncc3)nc2)C1. The van der Waals surface area contributed by atoms with Crippen molar-refractivity contribution >= 4 is 11.9 Å². The van der Waals surface area contributed by atoms with Gasteiger partial charge in [-0.25, -0.2) is 9.97 Å². The summed E-state index contributed by atoms with van der Waals surface area (Å²) < 4.78 is 0. The number of aromatic nitrogens is 3. The number of likely N-dealkylation sites (tertiary alicyclic amines) is 1. The van der Waals surface area contributed by atoms with Gasteiger partial charge in [0.2, 0.25) is 0 Å². The van der Waals surface area contributed by atoms with E-state index in [2.05, 4.69) is 15.0 Å². The van der Waals surface area contributed by atoms with Crippen LogP contribution in [0.2, 0.25) is 0 Å². The lowest BCUT2D eigenvalue weighted by Gasteiger charge is -2.39. The highest BCUT2D eigenvalue weighted by molar-refractivity contribution is 5.94. The number of carbonyl (C=O) groups excluding carboxylic acids is 1. The van der Waals surface area contributed by atoms with E-state index < -0.39 is 11.4 Å². The highest BCUT2D eigenvalue weighted by Gasteiger charge is 2.42. The van der Waals surface area contributed by atoms with Crippen molar-refractivity contribution in [3.05, 3.63) is 42.5 Å². The van der Waals surface area contributed by atoms with Gasteiger partial charge in [-0.1, -0.05) is 6.92 Å². The molecule has 1 fully saturated rings. The lowest BCUT2D eigenvalue weighted by molar-refractivity contribution is -0.152. The number of rotatable bonds is 4. The van der Waals surface area contributed by atoms with Crippen molar-refractivity contribution in [2.24, 2.45) is 5.41 Å². The maximum absolute atomic E-state index is 12.7. The molecule has 130 valence electrons. The molecular formula is C18H20N4O3. The Hall–Kier alpha value is -2.83. The molecule has 3 rings (SSSR count). The van der Waals surface area contributed by atoms with Gasteiger partial charge in [-0.3, -0.25) is 14.6 Å². The summed E-state index contributed by atoms with van der Waals surface area (Å²) in [6, 6.07) is 3.59. The number of pyridine rings is 1. The Balaban J connectivity index is 1.78. The normalized spacial score (nSPS) is 20.3. The Morgan fingerprint density at radius 3 is 2.52 bits per heavy atom. The van der Waals surface area contributed by atoms with Crippen molar-refractivity contribution in [3.8, 4) is 11.4 Å². The third-order valence-corrected chi connectivity index (χ3v) is 4.83. The fourth-order valence-corrected chi connectivity index (χ4v) is 3.19. The first kappa shape index (κ1) is 17.0. The van der Waals surface area contributed by atoms with Crippen molar-refractivity contribution in [1.82, 2.24) is 19.9 Å². The smallest absolute Gasteiger partial charge is 0.311 e. The fourth-order valence-electron chi connectivity index (χ4n) is 3.19. The molecule has 0 spiro atoms. The summed E-state index contributed by atoms with van der Waals surface area (Å²) in [6.07, 6.45) is 8.08. The maximum Gasteiger partial charge on any atom is 0.311 e. The maximum atomic E-state index is 12.7. The van der Waals surface area contributed by atoms with E-state index in [4.69, 9.17) is 0 Å². The van der Waals surface area contributed by atoms with Gasteiger partial charge in [0.25, 0.3) is 5.91 Å². The van der Waals surface area contributed by atoms with E-state index in [1.54, 1.807) is 29.4 Å². The average molecular weight is 340 g/mol. The number of aliphatic carboxylic acids is 1. The van der Waals surface area contributed by atoms with Gasteiger partial charge in [0, 0.05) is 43.4 Å². The largest absolute Gasteiger partial charge is 0.481 e. The third-order valence-electron chi connectivity index (χ3n) is 4.83. The van der Waals surface area contributed by atoms with Crippen molar-refractivity contribution < 1.29 is 14.7 Å². The van der Waals surface area contributed by atoms with E-state index in [-0.39, 0.29) is 12.5 Å². The van der Waals surface area contributed by atoms with Crippen LogP contribution in [0.3, 0.4) is 0 Å². The summed E-state index contributed by atoms with van der Waals surface area (Å²) in [5.41, 5.74) is 0.337. The zero-order chi connectivity index (χ0) is 17.9. The lowest BCUT2D eigenvalue weighted by Crippen LogP contribution is -2.49. The van der Waals surface area contributed by atoms with Gasteiger partial charge in [0.05, 0.1) is 11.0 Å². The minimum atomic E-state index is -0.855. The zero-order valence-electron chi connectivity index (χ0n) is 14.1. The van der Waals surface area contributed by atoms with Gasteiger partial charge in [0.1, 0.15) is 0 Å². The molecule has 0 aromatic carbocycles. The van der Waals surface area contributed by atoms with Crippen LogP contribution in [-0.2, 0) is 4.79 Å². The molecule has 0 radical (unpaired) electrons. The number of hydrogen-bond acceptors (Lipinski definition) is 5. The van der Waals surface area contributed by atoms with Gasteiger partial charge < -0.3 is 10.0 Å². The van der Waals surface area contributed by atoms with Crippen molar-refractivity contribution in [3.63, 3.8) is 0 Å². The number of amides is 1. The number of carboxylic acids is 1. The fraction of sp³-hybridized carbons (Fsp3) is 0.389. The molecule has 1 aliphatic heterocycles. The van der Waals surface area contributed by atoms with Crippen molar-refractivity contribution in [2.75, 3.05) is 13.1 Å². The quantitative estimate of drug-likeness (QED) is 0.917. The first-order valence-corrected chi connectivity index (χ1v) is 8.31. The predicted molar refractivity (Wildman–Crippen MR) is 90.8 cm³/mol. The topological polar surface area (TPSA) is 96.3 Å². The van der Waals surface area contributed by atoms with Gasteiger partial charge in [-0.2, -0.15) is 0 Å². The van der Waals surface area contributed by atoms with E-state index in [1.165, 1.54) is 12.4 Å². The predicted octanol–water partition coefficient (Wildman–Crippen LogP) is 2.26. The Bertz CT molecular complexity index is 764. The Labute approximate surface area is 145 Å². The molecule has 7 nitrogen and oxygen atoms in total. The number of nitrogens with zero attached hydrogens (tertiary/aromatic N) is 4. The van der Waals surface area contributed by atoms with E-state index in [0.29, 0.717) is 37.2 Å². The standard InChI is InChI=1S/C18H20N4O3/c1-2-18(17(24)25)6-3-9-22(12-18)16(23)14-10-20-15(21-11-14)13-4-7-19-8-5-13/h4-5,7-8,10-11H,2-3,6,9,12H2,1H3,(H,24,25)/t18-/m1/s1. The van der Waals surface area contributed by atoms with Crippen LogP contribution in [-0.4, -0.2) is 49.9 Å². The van der Waals surface area contributed by atoms with E-state index in [1.807, 2.05) is 6.92 Å². The van der Waals surface area contributed by atoms with Crippen LogP contribution in [0.1, 0.15) is 36.5 Å². The van der Waals surface area contributed by atoms with Crippen LogP contribution >= 0.6 is 0 Å². The van der Waals surface area contributed by atoms with Crippen LogP contribution in [0.5, 0.6) is 0 Å². The molecule has 1 saturated heterocycles. The molecule has 25 heavy (non-hydrogen) atoms. The first-order chi connectivity index (χ1) is 12.1. The molecule has 0 saturated carbocycles. The van der Waals surface area contributed by atoms with E-state index in [9.17, 15) is 14.7 Å². The number of piperidine rings is 1. The molecule has 0 unspecified atom stereocenters. The first-order valence-electron chi connectivity index (χ1n) is 8.31. The highest BCUT2D eigenvalue weighted by atomic mass is 16.4. The van der Waals surface area contributed by atoms with Crippen molar-refractivity contribution in [1.29, 1.82) is 0 Å². The highest BCUT2D eigenvalue weighted by Crippen LogP contribution is 2.34. The van der Waals surface area contributed by atoms with E-state index in [0.717, 1.165) is 5.56 Å². The summed E-state index contributed by atoms with van der Waals surface area (Å²) in [5, 5.41) is 9.55. The van der Waals surface area contributed by atoms with Crippen LogP contribution in [0.15, 0.2) is 36.9 Å². The lowest BCUT2D eigenvalue weighted by atomic mass is 9.77. The minimum absolute atomic E-state index is 0.222. The second kappa shape index (κ2) is 6.96. The van der Waals surface area contributed by atoms with Crippen molar-refractivity contribution in [2.45, 2.75) is 26.2 Å². The Kier molecular flexibility index (Phi) is 4.74. The van der Waals surface area contributed by atoms with Gasteiger partial charge in [-0.05, 0) is 31.4 Å². The van der Waals surface area contributed by atoms with Crippen LogP contribution in [0, 0.1) is 5.41 Å². The monoisotopic (exact) mass is 340 g/mol. The molecule has 1 amide bonds. The summed E-state index contributed by atoms with van der Waals surface area (Å²) >= 11 is 0. The third kappa shape index (κ3) is 3.35. The summed E-state index contributed by atoms with van der Waals surface area (Å²) in [5.74, 6) is -0.539. The number of carbonyl (C=O) groups is 2. The molecule has 1 N–H and O–H groups in total. The van der Waals surface area contributed by atoms with E-state index >= 15 is 0 Å². The summed E-state index contributed by atoms with van der Waals surface area (Å²) in [4.78, 5) is 38.4. The molecule has 3 heterocycles. The van der Waals surface area contributed by atoms with Gasteiger partial charge >= 0.3 is 5.97 Å². The summed E-state index contributed by atoms with van der Waals surface area (Å²) in [7, 11) is 0. The average Bonchev–Trinajstić information content (AvgIpc) is 2.68. The Morgan fingerprint density at radius 1 is 1.24 bits per heavy atom.